The van der Waals surface area contributed by atoms with Crippen LogP contribution in [0.4, 0.5) is 0 Å². The molecule has 0 saturated carbocycles. The predicted octanol–water partition coefficient (Wildman–Crippen LogP) is 4.31. The number of allylic oxidation sites excluding steroid dienone is 1. The summed E-state index contributed by atoms with van der Waals surface area (Å²) < 4.78 is 21.9. The second kappa shape index (κ2) is 10.3. The second-order valence-corrected chi connectivity index (χ2v) is 6.63. The first-order chi connectivity index (χ1) is 12.5. The molecule has 1 fully saturated rings. The Morgan fingerprint density at radius 3 is 2.77 bits per heavy atom. The zero-order chi connectivity index (χ0) is 18.9. The molecule has 0 aromatic heterocycles. The summed E-state index contributed by atoms with van der Waals surface area (Å²) in [5.41, 5.74) is 2.13. The van der Waals surface area contributed by atoms with Crippen molar-refractivity contribution >= 4 is 12.0 Å². The lowest BCUT2D eigenvalue weighted by atomic mass is 10.0. The van der Waals surface area contributed by atoms with Crippen LogP contribution in [0.2, 0.25) is 0 Å². The van der Waals surface area contributed by atoms with Crippen LogP contribution in [0, 0.1) is 0 Å². The van der Waals surface area contributed by atoms with E-state index in [4.69, 9.17) is 18.9 Å². The zero-order valence-electron chi connectivity index (χ0n) is 16.2. The van der Waals surface area contributed by atoms with Crippen molar-refractivity contribution in [3.63, 3.8) is 0 Å². The number of ether oxygens (including phenoxy) is 4. The molecule has 0 bridgehead atoms. The van der Waals surface area contributed by atoms with Gasteiger partial charge in [-0.05, 0) is 57.4 Å². The first-order valence-corrected chi connectivity index (χ1v) is 9.35. The van der Waals surface area contributed by atoms with E-state index in [0.29, 0.717) is 26.1 Å². The molecule has 2 unspecified atom stereocenters. The molecule has 0 aliphatic carbocycles. The molecule has 1 aromatic rings. The molecule has 0 spiro atoms. The van der Waals surface area contributed by atoms with Crippen molar-refractivity contribution in [2.45, 2.75) is 58.8 Å². The minimum Gasteiger partial charge on any atom is -0.491 e. The molecule has 5 nitrogen and oxygen atoms in total. The monoisotopic (exact) mass is 362 g/mol. The molecule has 1 saturated heterocycles. The quantitative estimate of drug-likeness (QED) is 0.434. The van der Waals surface area contributed by atoms with E-state index in [1.807, 2.05) is 58.0 Å². The highest BCUT2D eigenvalue weighted by Gasteiger charge is 2.24. The van der Waals surface area contributed by atoms with Gasteiger partial charge in [0.2, 0.25) is 0 Å². The summed E-state index contributed by atoms with van der Waals surface area (Å²) in [4.78, 5) is 11.4. The molecule has 1 aliphatic rings. The van der Waals surface area contributed by atoms with Crippen molar-refractivity contribution in [1.29, 1.82) is 0 Å². The van der Waals surface area contributed by atoms with E-state index in [1.165, 1.54) is 0 Å². The van der Waals surface area contributed by atoms with Crippen LogP contribution >= 0.6 is 0 Å². The standard InChI is InChI=1S/C21H30O5/c1-5-23-21(22)9-7-6-8-17-10-11-18(26-15(2)3)12-20(17)16(4)24-13-19-14-25-19/h6,8,10-12,15-16,19H,5,7,9,13-14H2,1-4H3/b8-6+. The van der Waals surface area contributed by atoms with Crippen molar-refractivity contribution < 1.29 is 23.7 Å². The van der Waals surface area contributed by atoms with Gasteiger partial charge in [0.05, 0.1) is 32.0 Å². The van der Waals surface area contributed by atoms with Crippen LogP contribution in [-0.4, -0.2) is 38.0 Å². The number of esters is 1. The first kappa shape index (κ1) is 20.5. The number of hydrogen-bond donors (Lipinski definition) is 0. The summed E-state index contributed by atoms with van der Waals surface area (Å²) in [6.07, 6.45) is 5.34. The molecule has 1 heterocycles. The van der Waals surface area contributed by atoms with Gasteiger partial charge in [0, 0.05) is 6.42 Å². The van der Waals surface area contributed by atoms with Crippen molar-refractivity contribution in [3.8, 4) is 5.75 Å². The van der Waals surface area contributed by atoms with Crippen LogP contribution in [-0.2, 0) is 19.0 Å². The van der Waals surface area contributed by atoms with Gasteiger partial charge in [0.25, 0.3) is 0 Å². The number of benzene rings is 1. The number of carbonyl (C=O) groups is 1. The molecule has 1 aromatic carbocycles. The van der Waals surface area contributed by atoms with Gasteiger partial charge in [-0.2, -0.15) is 0 Å². The average Bonchev–Trinajstić information content (AvgIpc) is 3.41. The highest BCUT2D eigenvalue weighted by molar-refractivity contribution is 5.69. The fourth-order valence-electron chi connectivity index (χ4n) is 2.55. The molecule has 2 rings (SSSR count). The van der Waals surface area contributed by atoms with Crippen LogP contribution < -0.4 is 4.74 Å². The fraction of sp³-hybridized carbons (Fsp3) is 0.571. The summed E-state index contributed by atoms with van der Waals surface area (Å²) in [6, 6.07) is 6.02. The van der Waals surface area contributed by atoms with Gasteiger partial charge in [0.1, 0.15) is 11.9 Å². The second-order valence-electron chi connectivity index (χ2n) is 6.63. The maximum absolute atomic E-state index is 11.4. The third-order valence-corrected chi connectivity index (χ3v) is 3.92. The minimum absolute atomic E-state index is 0.0698. The van der Waals surface area contributed by atoms with Crippen LogP contribution in [0.5, 0.6) is 5.75 Å². The van der Waals surface area contributed by atoms with Crippen LogP contribution in [0.25, 0.3) is 6.08 Å². The molecule has 0 N–H and O–H groups in total. The number of rotatable bonds is 11. The summed E-state index contributed by atoms with van der Waals surface area (Å²) in [5, 5.41) is 0. The Morgan fingerprint density at radius 2 is 2.12 bits per heavy atom. The van der Waals surface area contributed by atoms with Crippen LogP contribution in [0.1, 0.15) is 57.8 Å². The van der Waals surface area contributed by atoms with Crippen molar-refractivity contribution in [2.75, 3.05) is 19.8 Å². The molecule has 0 amide bonds. The van der Waals surface area contributed by atoms with Gasteiger partial charge >= 0.3 is 5.97 Å². The van der Waals surface area contributed by atoms with E-state index in [2.05, 4.69) is 0 Å². The van der Waals surface area contributed by atoms with Gasteiger partial charge in [-0.3, -0.25) is 4.79 Å². The summed E-state index contributed by atoms with van der Waals surface area (Å²) in [6.45, 7) is 9.66. The number of hydrogen-bond acceptors (Lipinski definition) is 5. The largest absolute Gasteiger partial charge is 0.491 e. The van der Waals surface area contributed by atoms with E-state index in [9.17, 15) is 4.79 Å². The fourth-order valence-corrected chi connectivity index (χ4v) is 2.55. The zero-order valence-corrected chi connectivity index (χ0v) is 16.2. The van der Waals surface area contributed by atoms with Gasteiger partial charge < -0.3 is 18.9 Å². The van der Waals surface area contributed by atoms with Crippen molar-refractivity contribution in [2.24, 2.45) is 0 Å². The van der Waals surface area contributed by atoms with E-state index in [1.54, 1.807) is 0 Å². The third-order valence-electron chi connectivity index (χ3n) is 3.92. The molecule has 144 valence electrons. The number of carbonyl (C=O) groups excluding carboxylic acids is 1. The molecule has 0 radical (unpaired) electrons. The van der Waals surface area contributed by atoms with Gasteiger partial charge in [-0.1, -0.05) is 18.2 Å². The third kappa shape index (κ3) is 7.18. The van der Waals surface area contributed by atoms with E-state index in [-0.39, 0.29) is 24.3 Å². The molecule has 2 atom stereocenters. The highest BCUT2D eigenvalue weighted by Crippen LogP contribution is 2.28. The van der Waals surface area contributed by atoms with E-state index in [0.717, 1.165) is 23.5 Å². The topological polar surface area (TPSA) is 57.3 Å². The van der Waals surface area contributed by atoms with Crippen LogP contribution in [0.3, 0.4) is 0 Å². The lowest BCUT2D eigenvalue weighted by Crippen LogP contribution is -2.09. The van der Waals surface area contributed by atoms with E-state index < -0.39 is 0 Å². The average molecular weight is 362 g/mol. The molecule has 5 heteroatoms. The Hall–Kier alpha value is -1.85. The van der Waals surface area contributed by atoms with Crippen molar-refractivity contribution in [3.05, 3.63) is 35.4 Å². The lowest BCUT2D eigenvalue weighted by molar-refractivity contribution is -0.142. The Morgan fingerprint density at radius 1 is 1.35 bits per heavy atom. The Kier molecular flexibility index (Phi) is 8.13. The number of epoxide rings is 1. The van der Waals surface area contributed by atoms with Gasteiger partial charge in [0.15, 0.2) is 0 Å². The molecular formula is C21H30O5. The highest BCUT2D eigenvalue weighted by atomic mass is 16.6. The lowest BCUT2D eigenvalue weighted by Gasteiger charge is -2.18. The summed E-state index contributed by atoms with van der Waals surface area (Å²) in [5.74, 6) is 0.663. The maximum atomic E-state index is 11.4. The SMILES string of the molecule is CCOC(=O)CC/C=C/c1ccc(OC(C)C)cc1C(C)OCC1CO1. The first-order valence-electron chi connectivity index (χ1n) is 9.35. The Balaban J connectivity index is 2.05. The summed E-state index contributed by atoms with van der Waals surface area (Å²) >= 11 is 0. The van der Waals surface area contributed by atoms with E-state index >= 15 is 0 Å². The smallest absolute Gasteiger partial charge is 0.306 e. The molecular weight excluding hydrogens is 332 g/mol. The minimum atomic E-state index is -0.167. The van der Waals surface area contributed by atoms with Crippen LogP contribution in [0.15, 0.2) is 24.3 Å². The molecule has 1 aliphatic heterocycles. The summed E-state index contributed by atoms with van der Waals surface area (Å²) in [7, 11) is 0. The van der Waals surface area contributed by atoms with Gasteiger partial charge in [-0.15, -0.1) is 0 Å². The predicted molar refractivity (Wildman–Crippen MR) is 101 cm³/mol. The van der Waals surface area contributed by atoms with Crippen molar-refractivity contribution in [1.82, 2.24) is 0 Å². The van der Waals surface area contributed by atoms with Gasteiger partial charge in [-0.25, -0.2) is 0 Å². The maximum Gasteiger partial charge on any atom is 0.306 e. The molecule has 26 heavy (non-hydrogen) atoms. The Bertz CT molecular complexity index is 604. The Labute approximate surface area is 156 Å². The normalized spacial score (nSPS) is 17.5.